The number of ether oxygens (including phenoxy) is 1. The normalized spacial score (nSPS) is 13.0. The predicted octanol–water partition coefficient (Wildman–Crippen LogP) is 4.43. The van der Waals surface area contributed by atoms with E-state index < -0.39 is 18.0 Å². The molecule has 0 saturated heterocycles. The molecule has 25 heavy (non-hydrogen) atoms. The summed E-state index contributed by atoms with van der Waals surface area (Å²) in [5, 5.41) is 3.02. The molecule has 0 aliphatic carbocycles. The fourth-order valence-corrected chi connectivity index (χ4v) is 2.27. The molecule has 1 amide bonds. The van der Waals surface area contributed by atoms with Crippen LogP contribution < -0.4 is 5.32 Å². The first-order valence-corrected chi connectivity index (χ1v) is 8.51. The van der Waals surface area contributed by atoms with E-state index in [1.807, 2.05) is 24.3 Å². The molecule has 0 bridgehead atoms. The van der Waals surface area contributed by atoms with Crippen LogP contribution in [0.3, 0.4) is 0 Å². The lowest BCUT2D eigenvalue weighted by molar-refractivity contribution is -0.123. The molecule has 6 heteroatoms. The van der Waals surface area contributed by atoms with Gasteiger partial charge in [-0.1, -0.05) is 37.6 Å². The zero-order valence-electron chi connectivity index (χ0n) is 14.5. The van der Waals surface area contributed by atoms with Crippen molar-refractivity contribution in [1.82, 2.24) is 4.98 Å². The van der Waals surface area contributed by atoms with Gasteiger partial charge in [0.05, 0.1) is 5.56 Å². The highest BCUT2D eigenvalue weighted by atomic mass is 35.5. The third kappa shape index (κ3) is 5.29. The Kier molecular flexibility index (Phi) is 6.53. The van der Waals surface area contributed by atoms with Gasteiger partial charge in [0, 0.05) is 11.9 Å². The van der Waals surface area contributed by atoms with Crippen LogP contribution in [0.15, 0.2) is 42.6 Å². The van der Waals surface area contributed by atoms with Gasteiger partial charge in [-0.3, -0.25) is 4.79 Å². The van der Waals surface area contributed by atoms with Crippen LogP contribution in [0.25, 0.3) is 0 Å². The molecule has 2 aromatic rings. The number of anilines is 1. The lowest BCUT2D eigenvalue weighted by Crippen LogP contribution is -2.30. The van der Waals surface area contributed by atoms with Crippen molar-refractivity contribution in [2.75, 3.05) is 5.32 Å². The number of benzene rings is 1. The molecule has 0 saturated carbocycles. The molecule has 5 nitrogen and oxygen atoms in total. The van der Waals surface area contributed by atoms with Gasteiger partial charge >= 0.3 is 5.97 Å². The van der Waals surface area contributed by atoms with Gasteiger partial charge in [0.1, 0.15) is 5.15 Å². The number of nitrogens with zero attached hydrogens (tertiary/aromatic N) is 1. The number of amides is 1. The molecule has 1 heterocycles. The number of rotatable bonds is 6. The molecule has 1 aromatic heterocycles. The van der Waals surface area contributed by atoms with Crippen molar-refractivity contribution in [3.63, 3.8) is 0 Å². The molecule has 0 aliphatic rings. The summed E-state index contributed by atoms with van der Waals surface area (Å²) in [4.78, 5) is 28.0. The van der Waals surface area contributed by atoms with E-state index in [0.29, 0.717) is 11.6 Å². The standard InChI is InChI=1S/C19H21ClN2O3/c1-4-12(2)14-5-8-16(9-6-14)22-18(23)13(3)25-19(24)15-7-10-17(20)21-11-15/h5-13H,4H2,1-3H3,(H,22,23)/t12-,13-/m0/s1. The molecule has 1 N–H and O–H groups in total. The third-order valence-corrected chi connectivity index (χ3v) is 4.20. The molecule has 0 radical (unpaired) electrons. The van der Waals surface area contributed by atoms with Crippen molar-refractivity contribution < 1.29 is 14.3 Å². The van der Waals surface area contributed by atoms with E-state index in [-0.39, 0.29) is 10.7 Å². The maximum atomic E-state index is 12.2. The second kappa shape index (κ2) is 8.62. The zero-order valence-corrected chi connectivity index (χ0v) is 15.2. The van der Waals surface area contributed by atoms with Crippen LogP contribution in [0.2, 0.25) is 5.15 Å². The fraction of sp³-hybridized carbons (Fsp3) is 0.316. The SMILES string of the molecule is CC[C@H](C)c1ccc(NC(=O)[C@H](C)OC(=O)c2ccc(Cl)nc2)cc1. The molecular weight excluding hydrogens is 340 g/mol. The van der Waals surface area contributed by atoms with E-state index in [2.05, 4.69) is 24.1 Å². The minimum Gasteiger partial charge on any atom is -0.449 e. The number of carbonyl (C=O) groups is 2. The summed E-state index contributed by atoms with van der Waals surface area (Å²) in [6.45, 7) is 5.80. The summed E-state index contributed by atoms with van der Waals surface area (Å²) in [5.74, 6) is -0.553. The molecule has 1 aromatic carbocycles. The number of esters is 1. The van der Waals surface area contributed by atoms with Crippen molar-refractivity contribution in [2.45, 2.75) is 39.2 Å². The van der Waals surface area contributed by atoms with Crippen LogP contribution in [0.4, 0.5) is 5.69 Å². The number of halogens is 1. The topological polar surface area (TPSA) is 68.3 Å². The molecule has 2 rings (SSSR count). The van der Waals surface area contributed by atoms with Gasteiger partial charge in [0.25, 0.3) is 5.91 Å². The Labute approximate surface area is 152 Å². The van der Waals surface area contributed by atoms with Crippen LogP contribution in [-0.2, 0) is 9.53 Å². The molecule has 132 valence electrons. The summed E-state index contributed by atoms with van der Waals surface area (Å²) in [6, 6.07) is 10.6. The molecular formula is C19H21ClN2O3. The van der Waals surface area contributed by atoms with E-state index in [4.69, 9.17) is 16.3 Å². The Morgan fingerprint density at radius 3 is 2.40 bits per heavy atom. The van der Waals surface area contributed by atoms with Crippen molar-refractivity contribution in [1.29, 1.82) is 0 Å². The first-order valence-electron chi connectivity index (χ1n) is 8.14. The minimum atomic E-state index is -0.933. The number of carbonyl (C=O) groups excluding carboxylic acids is 2. The Bertz CT molecular complexity index is 729. The second-order valence-electron chi connectivity index (χ2n) is 5.84. The van der Waals surface area contributed by atoms with Gasteiger partial charge < -0.3 is 10.1 Å². The quantitative estimate of drug-likeness (QED) is 0.611. The molecule has 0 spiro atoms. The van der Waals surface area contributed by atoms with Gasteiger partial charge in [-0.2, -0.15) is 0 Å². The lowest BCUT2D eigenvalue weighted by Gasteiger charge is -2.14. The first-order chi connectivity index (χ1) is 11.9. The van der Waals surface area contributed by atoms with Crippen molar-refractivity contribution in [2.24, 2.45) is 0 Å². The van der Waals surface area contributed by atoms with Crippen molar-refractivity contribution in [3.05, 3.63) is 58.9 Å². The van der Waals surface area contributed by atoms with Crippen molar-refractivity contribution in [3.8, 4) is 0 Å². The highest BCUT2D eigenvalue weighted by Gasteiger charge is 2.19. The van der Waals surface area contributed by atoms with Gasteiger partial charge in [0.2, 0.25) is 0 Å². The first kappa shape index (κ1) is 18.9. The van der Waals surface area contributed by atoms with Crippen LogP contribution >= 0.6 is 11.6 Å². The van der Waals surface area contributed by atoms with Gasteiger partial charge in [-0.15, -0.1) is 0 Å². The monoisotopic (exact) mass is 360 g/mol. The van der Waals surface area contributed by atoms with Crippen LogP contribution in [0, 0.1) is 0 Å². The fourth-order valence-electron chi connectivity index (χ4n) is 2.15. The second-order valence-corrected chi connectivity index (χ2v) is 6.22. The van der Waals surface area contributed by atoms with Crippen LogP contribution in [0.1, 0.15) is 49.0 Å². The molecule has 0 unspecified atom stereocenters. The van der Waals surface area contributed by atoms with Crippen LogP contribution in [-0.4, -0.2) is 23.0 Å². The number of hydrogen-bond donors (Lipinski definition) is 1. The maximum absolute atomic E-state index is 12.2. The Balaban J connectivity index is 1.93. The van der Waals surface area contributed by atoms with E-state index in [1.165, 1.54) is 30.8 Å². The summed E-state index contributed by atoms with van der Waals surface area (Å²) >= 11 is 5.68. The highest BCUT2D eigenvalue weighted by molar-refractivity contribution is 6.29. The molecule has 0 aliphatic heterocycles. The van der Waals surface area contributed by atoms with E-state index in [9.17, 15) is 9.59 Å². The highest BCUT2D eigenvalue weighted by Crippen LogP contribution is 2.20. The maximum Gasteiger partial charge on any atom is 0.340 e. The number of pyridine rings is 1. The molecule has 0 fully saturated rings. The van der Waals surface area contributed by atoms with E-state index in [1.54, 1.807) is 0 Å². The van der Waals surface area contributed by atoms with E-state index in [0.717, 1.165) is 6.42 Å². The largest absolute Gasteiger partial charge is 0.449 e. The Morgan fingerprint density at radius 1 is 1.16 bits per heavy atom. The van der Waals surface area contributed by atoms with Gasteiger partial charge in [-0.25, -0.2) is 9.78 Å². The van der Waals surface area contributed by atoms with Crippen molar-refractivity contribution >= 4 is 29.2 Å². The number of nitrogens with one attached hydrogen (secondary N) is 1. The lowest BCUT2D eigenvalue weighted by atomic mass is 9.99. The van der Waals surface area contributed by atoms with Gasteiger partial charge in [-0.05, 0) is 49.1 Å². The number of aromatic nitrogens is 1. The average molecular weight is 361 g/mol. The predicted molar refractivity (Wildman–Crippen MR) is 97.9 cm³/mol. The Hall–Kier alpha value is -2.40. The Morgan fingerprint density at radius 2 is 1.84 bits per heavy atom. The summed E-state index contributed by atoms with van der Waals surface area (Å²) in [7, 11) is 0. The summed E-state index contributed by atoms with van der Waals surface area (Å²) in [6.07, 6.45) is 1.43. The summed E-state index contributed by atoms with van der Waals surface area (Å²) in [5.41, 5.74) is 2.12. The van der Waals surface area contributed by atoms with Crippen LogP contribution in [0.5, 0.6) is 0 Å². The summed E-state index contributed by atoms with van der Waals surface area (Å²) < 4.78 is 5.16. The smallest absolute Gasteiger partial charge is 0.340 e. The number of hydrogen-bond acceptors (Lipinski definition) is 4. The van der Waals surface area contributed by atoms with E-state index >= 15 is 0 Å². The third-order valence-electron chi connectivity index (χ3n) is 3.98. The average Bonchev–Trinajstić information content (AvgIpc) is 2.62. The van der Waals surface area contributed by atoms with Gasteiger partial charge in [0.15, 0.2) is 6.10 Å². The molecule has 2 atom stereocenters. The minimum absolute atomic E-state index is 0.238. The zero-order chi connectivity index (χ0) is 18.4.